The van der Waals surface area contributed by atoms with Gasteiger partial charge >= 0.3 is 51.4 Å². The van der Waals surface area contributed by atoms with Crippen molar-refractivity contribution in [3.63, 3.8) is 0 Å². The molecule has 0 saturated carbocycles. The number of unbranched alkanes of at least 4 members (excludes halogenated alkanes) is 11. The van der Waals surface area contributed by atoms with Crippen LogP contribution in [0.4, 0.5) is 0 Å². The van der Waals surface area contributed by atoms with Crippen LogP contribution >= 0.6 is 0 Å². The van der Waals surface area contributed by atoms with E-state index in [1.54, 1.807) is 0 Å². The van der Waals surface area contributed by atoms with Crippen molar-refractivity contribution in [2.45, 2.75) is 90.4 Å². The Balaban J connectivity index is 0. The molecule has 0 radical (unpaired) electrons. The molecule has 0 unspecified atom stereocenters. The third kappa shape index (κ3) is 24.8. The summed E-state index contributed by atoms with van der Waals surface area (Å²) in [5.41, 5.74) is 0. The number of nitrogens with zero attached hydrogens (tertiary/aromatic N) is 1. The normalized spacial score (nSPS) is 12.5. The number of rotatable bonds is 17. The van der Waals surface area contributed by atoms with Crippen LogP contribution < -0.4 is 56.5 Å². The molecule has 0 saturated heterocycles. The van der Waals surface area contributed by atoms with Crippen molar-refractivity contribution in [1.29, 1.82) is 0 Å². The van der Waals surface area contributed by atoms with E-state index in [1.807, 2.05) is 6.08 Å². The van der Waals surface area contributed by atoms with Crippen LogP contribution in [-0.2, 0) is 10.1 Å². The predicted octanol–water partition coefficient (Wildman–Crippen LogP) is 1.28. The van der Waals surface area contributed by atoms with E-state index in [-0.39, 0.29) is 63.0 Å². The van der Waals surface area contributed by atoms with Crippen molar-refractivity contribution in [3.05, 3.63) is 12.2 Å². The van der Waals surface area contributed by atoms with Gasteiger partial charge in [-0.3, -0.25) is 4.55 Å². The van der Waals surface area contributed by atoms with E-state index >= 15 is 0 Å². The number of allylic oxidation sites excluding steroid dienone is 1. The van der Waals surface area contributed by atoms with E-state index in [9.17, 15) is 13.5 Å². The van der Waals surface area contributed by atoms with E-state index in [2.05, 4.69) is 11.9 Å². The van der Waals surface area contributed by atoms with Gasteiger partial charge in [0.05, 0.1) is 5.75 Å². The van der Waals surface area contributed by atoms with Crippen LogP contribution in [-0.4, -0.2) is 31.2 Å². The maximum absolute atomic E-state index is 11.5. The Morgan fingerprint density at radius 1 is 0.923 bits per heavy atom. The van der Waals surface area contributed by atoms with E-state index in [0.717, 1.165) is 12.8 Å². The first-order chi connectivity index (χ1) is 12.0. The maximum Gasteiger partial charge on any atom is 1.00 e. The monoisotopic (exact) mass is 413 g/mol. The molecule has 0 aromatic carbocycles. The zero-order valence-corrected chi connectivity index (χ0v) is 20.7. The molecule has 0 aromatic heterocycles. The molecule has 1 N–H and O–H groups in total. The Morgan fingerprint density at radius 2 is 1.46 bits per heavy atom. The fraction of sp³-hybridized carbons (Fsp3) is 0.842. The first-order valence-electron chi connectivity index (χ1n) is 9.79. The molecule has 0 aliphatic carbocycles. The zero-order chi connectivity index (χ0) is 18.8. The van der Waals surface area contributed by atoms with Crippen LogP contribution in [0.15, 0.2) is 17.1 Å². The summed E-state index contributed by atoms with van der Waals surface area (Å²) in [6.45, 7) is 2.54. The second-order valence-corrected chi connectivity index (χ2v) is 8.16. The van der Waals surface area contributed by atoms with Crippen molar-refractivity contribution in [2.24, 2.45) is 4.99 Å². The van der Waals surface area contributed by atoms with Gasteiger partial charge in [-0.15, -0.1) is 0 Å². The third-order valence-corrected chi connectivity index (χ3v) is 4.87. The topological polar surface area (TPSA) is 89.8 Å². The second kappa shape index (κ2) is 20.5. The molecule has 0 atom stereocenters. The summed E-state index contributed by atoms with van der Waals surface area (Å²) < 4.78 is 29.6. The van der Waals surface area contributed by atoms with Crippen LogP contribution in [0.25, 0.3) is 0 Å². The molecule has 0 aliphatic rings. The van der Waals surface area contributed by atoms with Crippen molar-refractivity contribution in [2.75, 3.05) is 12.3 Å². The molecule has 0 aliphatic heterocycles. The standard InChI is InChI=1S/C19H37NO4S.K/c1-2-3-4-5-6-7-8-9-10-11-12-13-16-19(21)20-17-14-15-18-25(22,23)24;/h13,16H,2-12,14-15,17-18H2,1H3,(H,20,21)(H,22,23,24);/q;+1/p-1/b16-13+;. The summed E-state index contributed by atoms with van der Waals surface area (Å²) in [5.74, 6) is -0.537. The summed E-state index contributed by atoms with van der Waals surface area (Å²) >= 11 is 0. The van der Waals surface area contributed by atoms with Crippen molar-refractivity contribution in [1.82, 2.24) is 0 Å². The zero-order valence-electron chi connectivity index (χ0n) is 16.8. The SMILES string of the molecule is CCCCCCCCCCCC/C=C/C([O-])=NCCCCS(=O)(=O)O.[K+]. The van der Waals surface area contributed by atoms with Gasteiger partial charge in [-0.25, -0.2) is 0 Å². The Labute approximate surface area is 203 Å². The predicted molar refractivity (Wildman–Crippen MR) is 104 cm³/mol. The largest absolute Gasteiger partial charge is 1.00 e. The van der Waals surface area contributed by atoms with Gasteiger partial charge in [-0.05, 0) is 31.6 Å². The van der Waals surface area contributed by atoms with Crippen molar-refractivity contribution >= 4 is 16.0 Å². The molecule has 0 spiro atoms. The molecule has 0 heterocycles. The third-order valence-electron chi connectivity index (χ3n) is 4.06. The number of hydrogen-bond acceptors (Lipinski definition) is 4. The Morgan fingerprint density at radius 3 is 2.00 bits per heavy atom. The average molecular weight is 414 g/mol. The molecule has 0 bridgehead atoms. The molecule has 0 aromatic rings. The molecular formula is C19H36KNO4S. The van der Waals surface area contributed by atoms with Crippen LogP contribution in [0.1, 0.15) is 90.4 Å². The number of aliphatic imine (C=N–C) groups is 1. The Hall–Kier alpha value is 0.756. The van der Waals surface area contributed by atoms with Gasteiger partial charge in [-0.1, -0.05) is 76.9 Å². The van der Waals surface area contributed by atoms with Crippen LogP contribution in [0, 0.1) is 0 Å². The molecule has 5 nitrogen and oxygen atoms in total. The summed E-state index contributed by atoms with van der Waals surface area (Å²) in [7, 11) is -3.90. The molecule has 148 valence electrons. The first-order valence-corrected chi connectivity index (χ1v) is 11.4. The quantitative estimate of drug-likeness (QED) is 0.128. The Bertz CT molecular complexity index is 464. The van der Waals surface area contributed by atoms with Gasteiger partial charge in [0.25, 0.3) is 10.1 Å². The fourth-order valence-corrected chi connectivity index (χ4v) is 3.14. The maximum atomic E-state index is 11.5. The van der Waals surface area contributed by atoms with Gasteiger partial charge in [0.15, 0.2) is 0 Å². The average Bonchev–Trinajstić information content (AvgIpc) is 2.54. The summed E-state index contributed by atoms with van der Waals surface area (Å²) in [4.78, 5) is 3.83. The summed E-state index contributed by atoms with van der Waals surface area (Å²) in [6, 6.07) is 0. The first kappa shape index (κ1) is 29.0. The smallest absolute Gasteiger partial charge is 0.859 e. The van der Waals surface area contributed by atoms with Crippen LogP contribution in [0.2, 0.25) is 0 Å². The van der Waals surface area contributed by atoms with Crippen LogP contribution in [0.5, 0.6) is 0 Å². The molecule has 0 amide bonds. The van der Waals surface area contributed by atoms with Gasteiger partial charge in [0, 0.05) is 6.54 Å². The second-order valence-electron chi connectivity index (χ2n) is 6.59. The minimum atomic E-state index is -3.90. The van der Waals surface area contributed by atoms with Crippen molar-refractivity contribution < 1.29 is 69.5 Å². The molecule has 0 fully saturated rings. The minimum absolute atomic E-state index is 0. The van der Waals surface area contributed by atoms with E-state index < -0.39 is 10.1 Å². The molecule has 26 heavy (non-hydrogen) atoms. The summed E-state index contributed by atoms with van der Waals surface area (Å²) in [6.07, 6.45) is 18.1. The minimum Gasteiger partial charge on any atom is -0.859 e. The fourth-order valence-electron chi connectivity index (χ4n) is 2.57. The summed E-state index contributed by atoms with van der Waals surface area (Å²) in [5, 5.41) is 11.5. The van der Waals surface area contributed by atoms with E-state index in [1.165, 1.54) is 63.9 Å². The van der Waals surface area contributed by atoms with Gasteiger partial charge in [-0.2, -0.15) is 8.42 Å². The molecule has 7 heteroatoms. The number of hydrogen-bond donors (Lipinski definition) is 1. The van der Waals surface area contributed by atoms with E-state index in [4.69, 9.17) is 4.55 Å². The van der Waals surface area contributed by atoms with Crippen LogP contribution in [0.3, 0.4) is 0 Å². The van der Waals surface area contributed by atoms with E-state index in [0.29, 0.717) is 19.4 Å². The van der Waals surface area contributed by atoms with Gasteiger partial charge < -0.3 is 10.1 Å². The Kier molecular flexibility index (Phi) is 22.8. The molecule has 0 rings (SSSR count). The van der Waals surface area contributed by atoms with Gasteiger partial charge in [0.1, 0.15) is 0 Å². The molecular weight excluding hydrogens is 377 g/mol. The van der Waals surface area contributed by atoms with Gasteiger partial charge in [0.2, 0.25) is 0 Å². The van der Waals surface area contributed by atoms with Crippen molar-refractivity contribution in [3.8, 4) is 0 Å².